The molecule has 0 aliphatic carbocycles. The van der Waals surface area contributed by atoms with Crippen molar-refractivity contribution in [3.05, 3.63) is 59.2 Å². The molecule has 0 atom stereocenters. The molecule has 1 N–H and O–H groups in total. The lowest BCUT2D eigenvalue weighted by molar-refractivity contribution is 1.14. The molecule has 106 valence electrons. The van der Waals surface area contributed by atoms with Crippen molar-refractivity contribution >= 4 is 18.9 Å². The summed E-state index contributed by atoms with van der Waals surface area (Å²) < 4.78 is 0. The summed E-state index contributed by atoms with van der Waals surface area (Å²) in [5, 5.41) is 5.03. The highest BCUT2D eigenvalue weighted by Gasteiger charge is 2.15. The van der Waals surface area contributed by atoms with E-state index < -0.39 is 8.07 Å². The summed E-state index contributed by atoms with van der Waals surface area (Å²) >= 11 is 0. The third-order valence-corrected chi connectivity index (χ3v) is 5.60. The molecular formula is C18H25NSi. The Kier molecular flexibility index (Phi) is 4.34. The molecule has 2 rings (SSSR count). The number of aryl methyl sites for hydroxylation is 2. The molecule has 2 aromatic rings. The lowest BCUT2D eigenvalue weighted by Crippen LogP contribution is -2.37. The number of nitrogens with one attached hydrogen (secondary N) is 1. The van der Waals surface area contributed by atoms with Crippen LogP contribution in [0.15, 0.2) is 42.5 Å². The summed E-state index contributed by atoms with van der Waals surface area (Å²) in [5.74, 6) is 0. The monoisotopic (exact) mass is 283 g/mol. The van der Waals surface area contributed by atoms with E-state index in [1.54, 1.807) is 0 Å². The summed E-state index contributed by atoms with van der Waals surface area (Å²) in [5.41, 5.74) is 5.16. The highest BCUT2D eigenvalue weighted by atomic mass is 28.3. The van der Waals surface area contributed by atoms with Gasteiger partial charge in [0.05, 0.1) is 8.07 Å². The van der Waals surface area contributed by atoms with Crippen molar-refractivity contribution in [2.45, 2.75) is 40.0 Å². The third kappa shape index (κ3) is 3.97. The number of hydrogen-bond donors (Lipinski definition) is 1. The maximum atomic E-state index is 3.51. The van der Waals surface area contributed by atoms with E-state index in [2.05, 4.69) is 81.3 Å². The van der Waals surface area contributed by atoms with Crippen molar-refractivity contribution in [1.29, 1.82) is 0 Å². The zero-order valence-corrected chi connectivity index (χ0v) is 14.2. The Balaban J connectivity index is 2.04. The van der Waals surface area contributed by atoms with Crippen molar-refractivity contribution in [3.63, 3.8) is 0 Å². The van der Waals surface area contributed by atoms with Crippen LogP contribution in [0.2, 0.25) is 19.6 Å². The normalized spacial score (nSPS) is 11.4. The Morgan fingerprint density at radius 1 is 0.850 bits per heavy atom. The number of hydrogen-bond acceptors (Lipinski definition) is 1. The van der Waals surface area contributed by atoms with Crippen LogP contribution in [0.4, 0.5) is 5.69 Å². The largest absolute Gasteiger partial charge is 0.381 e. The molecule has 0 heterocycles. The van der Waals surface area contributed by atoms with E-state index >= 15 is 0 Å². The summed E-state index contributed by atoms with van der Waals surface area (Å²) in [4.78, 5) is 0. The Morgan fingerprint density at radius 2 is 1.40 bits per heavy atom. The topological polar surface area (TPSA) is 12.0 Å². The first kappa shape index (κ1) is 14.9. The van der Waals surface area contributed by atoms with Crippen LogP contribution in [0.3, 0.4) is 0 Å². The van der Waals surface area contributed by atoms with Gasteiger partial charge in [0.2, 0.25) is 0 Å². The van der Waals surface area contributed by atoms with Crippen LogP contribution in [0.5, 0.6) is 0 Å². The molecule has 2 aromatic carbocycles. The molecular weight excluding hydrogens is 258 g/mol. The van der Waals surface area contributed by atoms with Gasteiger partial charge in [-0.1, -0.05) is 55.2 Å². The minimum atomic E-state index is -1.18. The highest BCUT2D eigenvalue weighted by molar-refractivity contribution is 6.88. The molecule has 0 fully saturated rings. The minimum Gasteiger partial charge on any atom is -0.381 e. The molecule has 0 radical (unpaired) electrons. The van der Waals surface area contributed by atoms with Gasteiger partial charge in [-0.15, -0.1) is 0 Å². The van der Waals surface area contributed by atoms with Crippen LogP contribution in [-0.4, -0.2) is 8.07 Å². The lowest BCUT2D eigenvalue weighted by atomic mass is 10.1. The molecule has 0 aliphatic heterocycles. The van der Waals surface area contributed by atoms with Gasteiger partial charge in [-0.25, -0.2) is 0 Å². The number of rotatable bonds is 4. The van der Waals surface area contributed by atoms with Gasteiger partial charge in [0.15, 0.2) is 0 Å². The second-order valence-electron chi connectivity index (χ2n) is 6.68. The van der Waals surface area contributed by atoms with Gasteiger partial charge in [-0.05, 0) is 42.7 Å². The zero-order valence-electron chi connectivity index (χ0n) is 13.2. The molecule has 0 spiro atoms. The van der Waals surface area contributed by atoms with E-state index in [9.17, 15) is 0 Å². The maximum Gasteiger partial charge on any atom is 0.0775 e. The Bertz CT molecular complexity index is 559. The number of anilines is 1. The van der Waals surface area contributed by atoms with E-state index in [0.717, 1.165) is 6.54 Å². The number of benzene rings is 2. The van der Waals surface area contributed by atoms with Crippen LogP contribution in [0, 0.1) is 13.8 Å². The van der Waals surface area contributed by atoms with Crippen molar-refractivity contribution in [3.8, 4) is 0 Å². The molecule has 0 bridgehead atoms. The third-order valence-electron chi connectivity index (χ3n) is 3.54. The van der Waals surface area contributed by atoms with Gasteiger partial charge in [-0.3, -0.25) is 0 Å². The van der Waals surface area contributed by atoms with Crippen molar-refractivity contribution < 1.29 is 0 Å². The van der Waals surface area contributed by atoms with Gasteiger partial charge in [0.25, 0.3) is 0 Å². The molecule has 20 heavy (non-hydrogen) atoms. The average molecular weight is 283 g/mol. The van der Waals surface area contributed by atoms with E-state index in [0.29, 0.717) is 0 Å². The van der Waals surface area contributed by atoms with E-state index in [-0.39, 0.29) is 0 Å². The molecule has 2 heteroatoms. The second-order valence-corrected chi connectivity index (χ2v) is 11.8. The van der Waals surface area contributed by atoms with Gasteiger partial charge in [0, 0.05) is 12.2 Å². The van der Waals surface area contributed by atoms with E-state index in [4.69, 9.17) is 0 Å². The van der Waals surface area contributed by atoms with E-state index in [1.165, 1.54) is 27.6 Å². The Morgan fingerprint density at radius 3 is 1.90 bits per heavy atom. The van der Waals surface area contributed by atoms with Crippen molar-refractivity contribution in [2.75, 3.05) is 5.32 Å². The Hall–Kier alpha value is -1.54. The van der Waals surface area contributed by atoms with Crippen LogP contribution < -0.4 is 10.5 Å². The van der Waals surface area contributed by atoms with E-state index in [1.807, 2.05) is 0 Å². The molecule has 0 amide bonds. The maximum absolute atomic E-state index is 3.51. The first-order valence-electron chi connectivity index (χ1n) is 7.26. The lowest BCUT2D eigenvalue weighted by Gasteiger charge is -2.17. The van der Waals surface area contributed by atoms with Crippen LogP contribution in [0.25, 0.3) is 0 Å². The van der Waals surface area contributed by atoms with Crippen LogP contribution in [0.1, 0.15) is 16.7 Å². The molecule has 0 aromatic heterocycles. The van der Waals surface area contributed by atoms with Gasteiger partial charge in [0.1, 0.15) is 0 Å². The molecule has 0 aliphatic rings. The standard InChI is InChI=1S/C18H25NSi/c1-14-10-15(2)12-17(11-14)19-13-16-6-8-18(9-7-16)20(3,4)5/h6-12,19H,13H2,1-5H3. The minimum absolute atomic E-state index is 0.884. The fourth-order valence-corrected chi connectivity index (χ4v) is 3.57. The fraction of sp³-hybridized carbons (Fsp3) is 0.333. The zero-order chi connectivity index (χ0) is 14.8. The average Bonchev–Trinajstić information content (AvgIpc) is 2.35. The first-order chi connectivity index (χ1) is 9.34. The predicted molar refractivity (Wildman–Crippen MR) is 92.7 cm³/mol. The van der Waals surface area contributed by atoms with Gasteiger partial charge in [-0.2, -0.15) is 0 Å². The SMILES string of the molecule is Cc1cc(C)cc(NCc2ccc([Si](C)(C)C)cc2)c1. The predicted octanol–water partition coefficient (Wildman–Crippen LogP) is 4.46. The van der Waals surface area contributed by atoms with Crippen molar-refractivity contribution in [2.24, 2.45) is 0 Å². The summed E-state index contributed by atoms with van der Waals surface area (Å²) in [6.45, 7) is 12.3. The molecule has 1 nitrogen and oxygen atoms in total. The fourth-order valence-electron chi connectivity index (χ4n) is 2.40. The summed E-state index contributed by atoms with van der Waals surface area (Å²) in [6, 6.07) is 15.7. The second kappa shape index (κ2) is 5.84. The molecule has 0 unspecified atom stereocenters. The molecule has 0 saturated carbocycles. The van der Waals surface area contributed by atoms with Crippen LogP contribution >= 0.6 is 0 Å². The summed E-state index contributed by atoms with van der Waals surface area (Å²) in [7, 11) is -1.18. The first-order valence-corrected chi connectivity index (χ1v) is 10.8. The molecule has 0 saturated heterocycles. The smallest absolute Gasteiger partial charge is 0.0775 e. The highest BCUT2D eigenvalue weighted by Crippen LogP contribution is 2.15. The quantitative estimate of drug-likeness (QED) is 0.817. The van der Waals surface area contributed by atoms with Gasteiger partial charge >= 0.3 is 0 Å². The van der Waals surface area contributed by atoms with Crippen molar-refractivity contribution in [1.82, 2.24) is 0 Å². The Labute approximate surface area is 124 Å². The van der Waals surface area contributed by atoms with Crippen LogP contribution in [-0.2, 0) is 6.54 Å². The van der Waals surface area contributed by atoms with Gasteiger partial charge < -0.3 is 5.32 Å². The summed E-state index contributed by atoms with van der Waals surface area (Å²) in [6.07, 6.45) is 0.